The smallest absolute Gasteiger partial charge is 0.317 e. The highest BCUT2D eigenvalue weighted by molar-refractivity contribution is 5.69. The number of carboxylic acids is 1. The Balaban J connectivity index is 1.79. The van der Waals surface area contributed by atoms with Gasteiger partial charge in [0.25, 0.3) is 0 Å². The number of carboxylic acid groups (broad SMARTS) is 1. The fourth-order valence-corrected chi connectivity index (χ4v) is 3.02. The van der Waals surface area contributed by atoms with Gasteiger partial charge in [-0.25, -0.2) is 0 Å². The number of hydrogen-bond donors (Lipinski definition) is 1. The molecule has 1 N–H and O–H groups in total. The van der Waals surface area contributed by atoms with E-state index in [9.17, 15) is 4.79 Å². The molecule has 0 amide bonds. The molecule has 0 saturated heterocycles. The summed E-state index contributed by atoms with van der Waals surface area (Å²) >= 11 is 0. The lowest BCUT2D eigenvalue weighted by molar-refractivity contribution is -0.139. The molecule has 2 aliphatic rings. The number of nitrogens with zero attached hydrogens (tertiary/aromatic N) is 1. The summed E-state index contributed by atoms with van der Waals surface area (Å²) in [7, 11) is 0. The second-order valence-electron chi connectivity index (χ2n) is 5.52. The van der Waals surface area contributed by atoms with Gasteiger partial charge in [0.05, 0.1) is 6.54 Å². The van der Waals surface area contributed by atoms with Crippen molar-refractivity contribution >= 4 is 5.97 Å². The maximum atomic E-state index is 11.0. The van der Waals surface area contributed by atoms with Gasteiger partial charge in [0.15, 0.2) is 0 Å². The van der Waals surface area contributed by atoms with Gasteiger partial charge in [-0.1, -0.05) is 24.3 Å². The third-order valence-corrected chi connectivity index (χ3v) is 4.07. The molecule has 2 aliphatic carbocycles. The summed E-state index contributed by atoms with van der Waals surface area (Å²) in [6, 6.07) is 8.79. The van der Waals surface area contributed by atoms with Gasteiger partial charge in [0.2, 0.25) is 0 Å². The molecule has 1 aromatic carbocycles. The Morgan fingerprint density at radius 3 is 2.78 bits per heavy atom. The van der Waals surface area contributed by atoms with Crippen LogP contribution in [0.15, 0.2) is 24.3 Å². The Hall–Kier alpha value is -1.35. The molecule has 3 heteroatoms. The molecule has 1 aromatic rings. The van der Waals surface area contributed by atoms with Crippen LogP contribution in [-0.2, 0) is 11.2 Å². The highest BCUT2D eigenvalue weighted by atomic mass is 16.4. The average molecular weight is 245 g/mol. The predicted octanol–water partition coefficient (Wildman–Crippen LogP) is 2.47. The summed E-state index contributed by atoms with van der Waals surface area (Å²) in [5.74, 6) is 0.0251. The number of rotatable bonds is 5. The summed E-state index contributed by atoms with van der Waals surface area (Å²) in [6.07, 6.45) is 4.69. The first kappa shape index (κ1) is 11.7. The van der Waals surface area contributed by atoms with Gasteiger partial charge >= 0.3 is 5.97 Å². The number of fused-ring (bicyclic) bond motifs is 1. The molecule has 1 atom stereocenters. The Morgan fingerprint density at radius 2 is 2.06 bits per heavy atom. The van der Waals surface area contributed by atoms with Gasteiger partial charge in [0.1, 0.15) is 0 Å². The van der Waals surface area contributed by atoms with Gasteiger partial charge in [-0.2, -0.15) is 0 Å². The fourth-order valence-electron chi connectivity index (χ4n) is 3.02. The van der Waals surface area contributed by atoms with Crippen LogP contribution in [0.3, 0.4) is 0 Å². The zero-order valence-electron chi connectivity index (χ0n) is 10.5. The average Bonchev–Trinajstić information content (AvgIpc) is 3.06. The van der Waals surface area contributed by atoms with Crippen molar-refractivity contribution in [2.24, 2.45) is 5.92 Å². The Morgan fingerprint density at radius 1 is 1.28 bits per heavy atom. The van der Waals surface area contributed by atoms with E-state index in [0.29, 0.717) is 6.04 Å². The Labute approximate surface area is 107 Å². The van der Waals surface area contributed by atoms with Gasteiger partial charge in [-0.3, -0.25) is 9.69 Å². The van der Waals surface area contributed by atoms with E-state index in [4.69, 9.17) is 5.11 Å². The number of carbonyl (C=O) groups is 1. The second-order valence-corrected chi connectivity index (χ2v) is 5.52. The quantitative estimate of drug-likeness (QED) is 0.866. The summed E-state index contributed by atoms with van der Waals surface area (Å²) < 4.78 is 0. The van der Waals surface area contributed by atoms with Crippen LogP contribution in [-0.4, -0.2) is 29.1 Å². The zero-order valence-corrected chi connectivity index (χ0v) is 10.5. The lowest BCUT2D eigenvalue weighted by Crippen LogP contribution is -2.34. The van der Waals surface area contributed by atoms with E-state index < -0.39 is 5.97 Å². The lowest BCUT2D eigenvalue weighted by Gasteiger charge is -2.28. The number of aryl methyl sites for hydroxylation is 1. The largest absolute Gasteiger partial charge is 0.480 e. The molecule has 0 bridgehead atoms. The van der Waals surface area contributed by atoms with Crippen molar-refractivity contribution in [2.45, 2.75) is 31.7 Å². The second kappa shape index (κ2) is 4.73. The van der Waals surface area contributed by atoms with Crippen molar-refractivity contribution in [3.05, 3.63) is 35.4 Å². The minimum atomic E-state index is -0.708. The van der Waals surface area contributed by atoms with Crippen molar-refractivity contribution in [1.82, 2.24) is 4.90 Å². The SMILES string of the molecule is O=C(O)CN(CC1CC1)C1CCc2ccccc21. The molecule has 96 valence electrons. The van der Waals surface area contributed by atoms with Crippen LogP contribution in [0, 0.1) is 5.92 Å². The minimum absolute atomic E-state index is 0.176. The molecule has 3 nitrogen and oxygen atoms in total. The van der Waals surface area contributed by atoms with Crippen LogP contribution in [0.25, 0.3) is 0 Å². The first-order chi connectivity index (χ1) is 8.74. The zero-order chi connectivity index (χ0) is 12.5. The van der Waals surface area contributed by atoms with E-state index in [0.717, 1.165) is 25.3 Å². The summed E-state index contributed by atoms with van der Waals surface area (Å²) in [4.78, 5) is 13.2. The maximum absolute atomic E-state index is 11.0. The van der Waals surface area contributed by atoms with Crippen molar-refractivity contribution in [3.63, 3.8) is 0 Å². The van der Waals surface area contributed by atoms with E-state index in [1.54, 1.807) is 0 Å². The molecular weight excluding hydrogens is 226 g/mol. The molecule has 0 spiro atoms. The predicted molar refractivity (Wildman–Crippen MR) is 69.4 cm³/mol. The third-order valence-electron chi connectivity index (χ3n) is 4.07. The normalized spacial score (nSPS) is 22.2. The molecule has 0 aromatic heterocycles. The van der Waals surface area contributed by atoms with E-state index >= 15 is 0 Å². The van der Waals surface area contributed by atoms with Crippen molar-refractivity contribution < 1.29 is 9.90 Å². The molecule has 0 radical (unpaired) electrons. The van der Waals surface area contributed by atoms with Gasteiger partial charge in [0, 0.05) is 12.6 Å². The van der Waals surface area contributed by atoms with Crippen LogP contribution >= 0.6 is 0 Å². The van der Waals surface area contributed by atoms with E-state index in [1.165, 1.54) is 24.0 Å². The van der Waals surface area contributed by atoms with Crippen molar-refractivity contribution in [3.8, 4) is 0 Å². The van der Waals surface area contributed by atoms with Crippen molar-refractivity contribution in [1.29, 1.82) is 0 Å². The monoisotopic (exact) mass is 245 g/mol. The summed E-state index contributed by atoms with van der Waals surface area (Å²) in [5, 5.41) is 9.08. The van der Waals surface area contributed by atoms with Crippen LogP contribution < -0.4 is 0 Å². The molecular formula is C15H19NO2. The van der Waals surface area contributed by atoms with Gasteiger partial charge in [-0.05, 0) is 42.7 Å². The molecule has 1 fully saturated rings. The van der Waals surface area contributed by atoms with E-state index in [2.05, 4.69) is 29.2 Å². The first-order valence-electron chi connectivity index (χ1n) is 6.77. The number of benzene rings is 1. The first-order valence-corrected chi connectivity index (χ1v) is 6.77. The summed E-state index contributed by atoms with van der Waals surface area (Å²) in [6.45, 7) is 1.13. The lowest BCUT2D eigenvalue weighted by atomic mass is 10.1. The van der Waals surface area contributed by atoms with Crippen LogP contribution in [0.2, 0.25) is 0 Å². The topological polar surface area (TPSA) is 40.5 Å². The highest BCUT2D eigenvalue weighted by Gasteiger charge is 2.33. The minimum Gasteiger partial charge on any atom is -0.480 e. The molecule has 18 heavy (non-hydrogen) atoms. The number of aliphatic carboxylic acids is 1. The van der Waals surface area contributed by atoms with E-state index in [1.807, 2.05) is 0 Å². The number of hydrogen-bond acceptors (Lipinski definition) is 2. The van der Waals surface area contributed by atoms with Crippen LogP contribution in [0.1, 0.15) is 36.4 Å². The van der Waals surface area contributed by atoms with Gasteiger partial charge in [-0.15, -0.1) is 0 Å². The molecule has 0 heterocycles. The van der Waals surface area contributed by atoms with E-state index in [-0.39, 0.29) is 6.54 Å². The van der Waals surface area contributed by atoms with Crippen molar-refractivity contribution in [2.75, 3.05) is 13.1 Å². The third kappa shape index (κ3) is 2.41. The molecule has 0 aliphatic heterocycles. The fraction of sp³-hybridized carbons (Fsp3) is 0.533. The maximum Gasteiger partial charge on any atom is 0.317 e. The molecule has 1 unspecified atom stereocenters. The van der Waals surface area contributed by atoms with Crippen LogP contribution in [0.4, 0.5) is 0 Å². The molecule has 3 rings (SSSR count). The Bertz CT molecular complexity index is 454. The van der Waals surface area contributed by atoms with Crippen LogP contribution in [0.5, 0.6) is 0 Å². The summed E-state index contributed by atoms with van der Waals surface area (Å²) in [5.41, 5.74) is 2.74. The highest BCUT2D eigenvalue weighted by Crippen LogP contribution is 2.38. The standard InChI is InChI=1S/C15H19NO2/c17-15(18)10-16(9-11-5-6-11)14-8-7-12-3-1-2-4-13(12)14/h1-4,11,14H,5-10H2,(H,17,18). The molecule has 1 saturated carbocycles. The van der Waals surface area contributed by atoms with Gasteiger partial charge < -0.3 is 5.11 Å². The Kier molecular flexibility index (Phi) is 3.08.